The summed E-state index contributed by atoms with van der Waals surface area (Å²) in [5.74, 6) is -1.30. The summed E-state index contributed by atoms with van der Waals surface area (Å²) in [6.07, 6.45) is 3.26. The molecule has 23 heavy (non-hydrogen) atoms. The average Bonchev–Trinajstić information content (AvgIpc) is 2.89. The first-order valence-corrected chi connectivity index (χ1v) is 6.94. The SMILES string of the molecule is CNC(C(=O)Nc1cc(NC(C)=O)ccc1F)c1cnn(C)c1. The number of hydrogen-bond acceptors (Lipinski definition) is 4. The van der Waals surface area contributed by atoms with E-state index in [0.29, 0.717) is 11.3 Å². The molecule has 2 aromatic rings. The summed E-state index contributed by atoms with van der Waals surface area (Å²) in [7, 11) is 3.37. The Labute approximate surface area is 132 Å². The summed E-state index contributed by atoms with van der Waals surface area (Å²) in [5, 5.41) is 11.9. The third-order valence-corrected chi connectivity index (χ3v) is 3.15. The number of hydrogen-bond donors (Lipinski definition) is 3. The lowest BCUT2D eigenvalue weighted by Crippen LogP contribution is -2.30. The first-order chi connectivity index (χ1) is 10.9. The number of nitrogens with zero attached hydrogens (tertiary/aromatic N) is 2. The Morgan fingerprint density at radius 3 is 2.61 bits per heavy atom. The molecule has 7 nitrogen and oxygen atoms in total. The number of aromatic nitrogens is 2. The molecular formula is C15H18FN5O2. The van der Waals surface area contributed by atoms with E-state index in [1.165, 1.54) is 25.1 Å². The average molecular weight is 319 g/mol. The highest BCUT2D eigenvalue weighted by Gasteiger charge is 2.21. The van der Waals surface area contributed by atoms with Crippen LogP contribution in [-0.4, -0.2) is 28.6 Å². The second kappa shape index (κ2) is 7.01. The molecule has 0 spiro atoms. The number of carbonyl (C=O) groups excluding carboxylic acids is 2. The molecule has 0 saturated heterocycles. The molecule has 0 aliphatic carbocycles. The lowest BCUT2D eigenvalue weighted by atomic mass is 10.1. The van der Waals surface area contributed by atoms with Crippen molar-refractivity contribution in [2.75, 3.05) is 17.7 Å². The van der Waals surface area contributed by atoms with Gasteiger partial charge in [-0.15, -0.1) is 0 Å². The highest BCUT2D eigenvalue weighted by Crippen LogP contribution is 2.21. The van der Waals surface area contributed by atoms with Crippen molar-refractivity contribution in [2.24, 2.45) is 7.05 Å². The van der Waals surface area contributed by atoms with Crippen molar-refractivity contribution in [1.29, 1.82) is 0 Å². The second-order valence-electron chi connectivity index (χ2n) is 5.03. The van der Waals surface area contributed by atoms with Crippen molar-refractivity contribution in [1.82, 2.24) is 15.1 Å². The van der Waals surface area contributed by atoms with Crippen LogP contribution >= 0.6 is 0 Å². The largest absolute Gasteiger partial charge is 0.326 e. The van der Waals surface area contributed by atoms with Crippen LogP contribution in [0.1, 0.15) is 18.5 Å². The van der Waals surface area contributed by atoms with Gasteiger partial charge >= 0.3 is 0 Å². The Bertz CT molecular complexity index is 728. The van der Waals surface area contributed by atoms with Crippen molar-refractivity contribution in [3.63, 3.8) is 0 Å². The van der Waals surface area contributed by atoms with Crippen LogP contribution in [0.4, 0.5) is 15.8 Å². The standard InChI is InChI=1S/C15H18FN5O2/c1-9(22)19-11-4-5-12(16)13(6-11)20-15(23)14(17-2)10-7-18-21(3)8-10/h4-8,14,17H,1-3H3,(H,19,22)(H,20,23). The maximum absolute atomic E-state index is 13.9. The summed E-state index contributed by atoms with van der Waals surface area (Å²) in [6.45, 7) is 1.35. The van der Waals surface area contributed by atoms with Crippen LogP contribution in [0.15, 0.2) is 30.6 Å². The lowest BCUT2D eigenvalue weighted by Gasteiger charge is -2.15. The van der Waals surface area contributed by atoms with Crippen molar-refractivity contribution in [2.45, 2.75) is 13.0 Å². The van der Waals surface area contributed by atoms with Crippen LogP contribution in [0.5, 0.6) is 0 Å². The van der Waals surface area contributed by atoms with Gasteiger partial charge in [0.15, 0.2) is 0 Å². The first kappa shape index (κ1) is 16.6. The van der Waals surface area contributed by atoms with E-state index in [4.69, 9.17) is 0 Å². The zero-order valence-corrected chi connectivity index (χ0v) is 13.1. The van der Waals surface area contributed by atoms with Gasteiger partial charge in [0, 0.05) is 31.4 Å². The maximum Gasteiger partial charge on any atom is 0.246 e. The van der Waals surface area contributed by atoms with Crippen LogP contribution in [0.3, 0.4) is 0 Å². The molecule has 1 aromatic heterocycles. The van der Waals surface area contributed by atoms with Crippen LogP contribution in [0.2, 0.25) is 0 Å². The minimum atomic E-state index is -0.674. The molecule has 0 radical (unpaired) electrons. The van der Waals surface area contributed by atoms with E-state index < -0.39 is 17.8 Å². The highest BCUT2D eigenvalue weighted by atomic mass is 19.1. The number of amides is 2. The molecular weight excluding hydrogens is 301 g/mol. The number of rotatable bonds is 5. The van der Waals surface area contributed by atoms with E-state index >= 15 is 0 Å². The van der Waals surface area contributed by atoms with Crippen molar-refractivity contribution in [3.8, 4) is 0 Å². The van der Waals surface area contributed by atoms with Gasteiger partial charge in [-0.2, -0.15) is 5.10 Å². The van der Waals surface area contributed by atoms with Crippen LogP contribution in [0.25, 0.3) is 0 Å². The van der Waals surface area contributed by atoms with Crippen molar-refractivity contribution in [3.05, 3.63) is 42.0 Å². The number of aryl methyl sites for hydroxylation is 1. The van der Waals surface area contributed by atoms with Crippen molar-refractivity contribution >= 4 is 23.2 Å². The molecule has 0 bridgehead atoms. The van der Waals surface area contributed by atoms with Gasteiger partial charge in [0.25, 0.3) is 0 Å². The molecule has 8 heteroatoms. The predicted molar refractivity (Wildman–Crippen MR) is 84.3 cm³/mol. The molecule has 1 atom stereocenters. The lowest BCUT2D eigenvalue weighted by molar-refractivity contribution is -0.118. The fourth-order valence-corrected chi connectivity index (χ4v) is 2.15. The Kier molecular flexibility index (Phi) is 5.07. The molecule has 0 saturated carbocycles. The Morgan fingerprint density at radius 2 is 2.04 bits per heavy atom. The van der Waals surface area contributed by atoms with Gasteiger partial charge in [-0.05, 0) is 25.2 Å². The second-order valence-corrected chi connectivity index (χ2v) is 5.03. The van der Waals surface area contributed by atoms with Gasteiger partial charge in [0.2, 0.25) is 11.8 Å². The molecule has 3 N–H and O–H groups in total. The van der Waals surface area contributed by atoms with Gasteiger partial charge in [-0.1, -0.05) is 0 Å². The quantitative estimate of drug-likeness (QED) is 0.778. The van der Waals surface area contributed by atoms with Crippen LogP contribution in [-0.2, 0) is 16.6 Å². The molecule has 2 amide bonds. The monoisotopic (exact) mass is 319 g/mol. The van der Waals surface area contributed by atoms with Crippen LogP contribution < -0.4 is 16.0 Å². The number of likely N-dealkylation sites (N-methyl/N-ethyl adjacent to an activating group) is 1. The van der Waals surface area contributed by atoms with E-state index in [2.05, 4.69) is 21.0 Å². The molecule has 1 unspecified atom stereocenters. The van der Waals surface area contributed by atoms with Gasteiger partial charge < -0.3 is 16.0 Å². The highest BCUT2D eigenvalue weighted by molar-refractivity contribution is 5.96. The summed E-state index contributed by atoms with van der Waals surface area (Å²) >= 11 is 0. The molecule has 2 rings (SSSR count). The van der Waals surface area contributed by atoms with Gasteiger partial charge in [-0.3, -0.25) is 14.3 Å². The van der Waals surface area contributed by atoms with E-state index in [1.54, 1.807) is 31.2 Å². The number of halogens is 1. The third kappa shape index (κ3) is 4.13. The van der Waals surface area contributed by atoms with E-state index in [0.717, 1.165) is 0 Å². The Balaban J connectivity index is 2.19. The van der Waals surface area contributed by atoms with Crippen molar-refractivity contribution < 1.29 is 14.0 Å². The number of anilines is 2. The first-order valence-electron chi connectivity index (χ1n) is 6.94. The van der Waals surface area contributed by atoms with Crippen LogP contribution in [0, 0.1) is 5.82 Å². The summed E-state index contributed by atoms with van der Waals surface area (Å²) < 4.78 is 15.5. The van der Waals surface area contributed by atoms with E-state index in [-0.39, 0.29) is 11.6 Å². The number of carbonyl (C=O) groups is 2. The number of nitrogens with one attached hydrogen (secondary N) is 3. The maximum atomic E-state index is 13.9. The summed E-state index contributed by atoms with van der Waals surface area (Å²) in [4.78, 5) is 23.4. The zero-order chi connectivity index (χ0) is 17.0. The molecule has 122 valence electrons. The van der Waals surface area contributed by atoms with Gasteiger partial charge in [0.1, 0.15) is 11.9 Å². The predicted octanol–water partition coefficient (Wildman–Crippen LogP) is 1.42. The van der Waals surface area contributed by atoms with E-state index in [9.17, 15) is 14.0 Å². The van der Waals surface area contributed by atoms with E-state index in [1.807, 2.05) is 0 Å². The third-order valence-electron chi connectivity index (χ3n) is 3.15. The summed E-state index contributed by atoms with van der Waals surface area (Å²) in [5.41, 5.74) is 1.05. The normalized spacial score (nSPS) is 11.8. The fourth-order valence-electron chi connectivity index (χ4n) is 2.15. The Hall–Kier alpha value is -2.74. The zero-order valence-electron chi connectivity index (χ0n) is 13.1. The minimum absolute atomic E-state index is 0.00890. The molecule has 0 aliphatic rings. The molecule has 0 fully saturated rings. The number of benzene rings is 1. The Morgan fingerprint density at radius 1 is 1.30 bits per heavy atom. The molecule has 1 heterocycles. The van der Waals surface area contributed by atoms with Gasteiger partial charge in [-0.25, -0.2) is 4.39 Å². The summed E-state index contributed by atoms with van der Waals surface area (Å²) in [6, 6.07) is 3.29. The van der Waals surface area contributed by atoms with Gasteiger partial charge in [0.05, 0.1) is 11.9 Å². The fraction of sp³-hybridized carbons (Fsp3) is 0.267. The molecule has 0 aliphatic heterocycles. The molecule has 1 aromatic carbocycles. The smallest absolute Gasteiger partial charge is 0.246 e. The minimum Gasteiger partial charge on any atom is -0.326 e. The topological polar surface area (TPSA) is 88.1 Å².